The van der Waals surface area contributed by atoms with Gasteiger partial charge in [-0.1, -0.05) is 18.2 Å². The quantitative estimate of drug-likeness (QED) is 0.269. The molecule has 1 saturated heterocycles. The van der Waals surface area contributed by atoms with Crippen LogP contribution in [0, 0.1) is 0 Å². The van der Waals surface area contributed by atoms with Crippen LogP contribution in [0.2, 0.25) is 0 Å². The standard InChI is InChI=1S/C22H30N4O2.HI/c1-23-22(24-13-4-6-15-25-14-5-3-7-21(25)27)26-16-12-19(17-26)18-8-10-20(28-2)11-9-18;/h3,5,7-11,14,19H,4,6,12-13,15-17H2,1-2H3,(H,23,24);1H. The van der Waals surface area contributed by atoms with Gasteiger partial charge in [0.05, 0.1) is 7.11 Å². The van der Waals surface area contributed by atoms with E-state index in [1.54, 1.807) is 23.8 Å². The van der Waals surface area contributed by atoms with E-state index in [4.69, 9.17) is 4.74 Å². The lowest BCUT2D eigenvalue weighted by atomic mass is 9.98. The van der Waals surface area contributed by atoms with E-state index in [-0.39, 0.29) is 29.5 Å². The first-order valence-corrected chi connectivity index (χ1v) is 9.96. The maximum Gasteiger partial charge on any atom is 0.250 e. The van der Waals surface area contributed by atoms with Gasteiger partial charge in [0.15, 0.2) is 5.96 Å². The molecule has 6 nitrogen and oxygen atoms in total. The van der Waals surface area contributed by atoms with Gasteiger partial charge in [0.25, 0.3) is 0 Å². The van der Waals surface area contributed by atoms with Crippen LogP contribution < -0.4 is 15.6 Å². The fourth-order valence-corrected chi connectivity index (χ4v) is 3.69. The minimum atomic E-state index is 0. The number of ether oxygens (including phenoxy) is 1. The van der Waals surface area contributed by atoms with Crippen LogP contribution in [0.4, 0.5) is 0 Å². The van der Waals surface area contributed by atoms with Crippen molar-refractivity contribution in [3.8, 4) is 5.75 Å². The summed E-state index contributed by atoms with van der Waals surface area (Å²) in [4.78, 5) is 18.5. The zero-order chi connectivity index (χ0) is 19.8. The molecule has 1 aromatic heterocycles. The summed E-state index contributed by atoms with van der Waals surface area (Å²) in [6, 6.07) is 13.7. The molecule has 1 unspecified atom stereocenters. The van der Waals surface area contributed by atoms with E-state index in [0.717, 1.165) is 57.2 Å². The third-order valence-electron chi connectivity index (χ3n) is 5.29. The molecule has 1 fully saturated rings. The summed E-state index contributed by atoms with van der Waals surface area (Å²) in [5.41, 5.74) is 1.42. The number of methoxy groups -OCH3 is 1. The van der Waals surface area contributed by atoms with E-state index < -0.39 is 0 Å². The summed E-state index contributed by atoms with van der Waals surface area (Å²) in [5.74, 6) is 2.39. The van der Waals surface area contributed by atoms with Crippen LogP contribution in [0.15, 0.2) is 58.4 Å². The average Bonchev–Trinajstić information content (AvgIpc) is 3.22. The smallest absolute Gasteiger partial charge is 0.250 e. The number of aliphatic imine (C=N–C) groups is 1. The number of aromatic nitrogens is 1. The third kappa shape index (κ3) is 6.48. The predicted molar refractivity (Wildman–Crippen MR) is 129 cm³/mol. The van der Waals surface area contributed by atoms with Crippen molar-refractivity contribution >= 4 is 29.9 Å². The molecule has 158 valence electrons. The van der Waals surface area contributed by atoms with E-state index in [1.807, 2.05) is 31.4 Å². The van der Waals surface area contributed by atoms with Gasteiger partial charge in [-0.25, -0.2) is 0 Å². The predicted octanol–water partition coefficient (Wildman–Crippen LogP) is 3.32. The number of nitrogens with one attached hydrogen (secondary N) is 1. The van der Waals surface area contributed by atoms with Gasteiger partial charge >= 0.3 is 0 Å². The Bertz CT molecular complexity index is 835. The Balaban J connectivity index is 0.00000300. The van der Waals surface area contributed by atoms with Gasteiger partial charge in [-0.05, 0) is 43.0 Å². The Hall–Kier alpha value is -2.03. The molecule has 1 aliphatic heterocycles. The van der Waals surface area contributed by atoms with Gasteiger partial charge in [-0.2, -0.15) is 0 Å². The Morgan fingerprint density at radius 2 is 2.00 bits per heavy atom. The molecule has 1 aliphatic rings. The molecule has 0 spiro atoms. The van der Waals surface area contributed by atoms with Crippen molar-refractivity contribution in [2.24, 2.45) is 4.99 Å². The zero-order valence-electron chi connectivity index (χ0n) is 17.2. The number of halogens is 1. The van der Waals surface area contributed by atoms with Crippen LogP contribution in [-0.4, -0.2) is 49.2 Å². The van der Waals surface area contributed by atoms with Crippen LogP contribution in [0.25, 0.3) is 0 Å². The van der Waals surface area contributed by atoms with E-state index in [0.29, 0.717) is 5.92 Å². The van der Waals surface area contributed by atoms with Crippen LogP contribution in [0.1, 0.15) is 30.7 Å². The second kappa shape index (κ2) is 11.8. The SMILES string of the molecule is CN=C(NCCCCn1ccccc1=O)N1CCC(c2ccc(OC)cc2)C1.I. The number of aryl methyl sites for hydroxylation is 1. The minimum Gasteiger partial charge on any atom is -0.497 e. The number of hydrogen-bond acceptors (Lipinski definition) is 3. The van der Waals surface area contributed by atoms with E-state index in [1.165, 1.54) is 5.56 Å². The molecule has 2 aromatic rings. The van der Waals surface area contributed by atoms with Crippen molar-refractivity contribution in [2.75, 3.05) is 33.8 Å². The highest BCUT2D eigenvalue weighted by molar-refractivity contribution is 14.0. The highest BCUT2D eigenvalue weighted by Crippen LogP contribution is 2.28. The normalized spacial score (nSPS) is 16.4. The lowest BCUT2D eigenvalue weighted by Gasteiger charge is -2.22. The molecule has 3 rings (SSSR count). The third-order valence-corrected chi connectivity index (χ3v) is 5.29. The van der Waals surface area contributed by atoms with Gasteiger partial charge in [-0.15, -0.1) is 24.0 Å². The van der Waals surface area contributed by atoms with Crippen LogP contribution in [-0.2, 0) is 6.54 Å². The monoisotopic (exact) mass is 510 g/mol. The van der Waals surface area contributed by atoms with Gasteiger partial charge < -0.3 is 19.5 Å². The van der Waals surface area contributed by atoms with Gasteiger partial charge in [0.1, 0.15) is 5.75 Å². The number of likely N-dealkylation sites (tertiary alicyclic amines) is 1. The zero-order valence-corrected chi connectivity index (χ0v) is 19.5. The summed E-state index contributed by atoms with van der Waals surface area (Å²) >= 11 is 0. The Labute approximate surface area is 190 Å². The second-order valence-corrected chi connectivity index (χ2v) is 7.12. The summed E-state index contributed by atoms with van der Waals surface area (Å²) in [5, 5.41) is 3.47. The maximum absolute atomic E-state index is 11.7. The largest absolute Gasteiger partial charge is 0.497 e. The van der Waals surface area contributed by atoms with Gasteiger partial charge in [-0.3, -0.25) is 9.79 Å². The van der Waals surface area contributed by atoms with Crippen molar-refractivity contribution in [1.29, 1.82) is 0 Å². The fraction of sp³-hybridized carbons (Fsp3) is 0.455. The molecule has 0 radical (unpaired) electrons. The molecule has 1 atom stereocenters. The molecule has 1 aromatic carbocycles. The highest BCUT2D eigenvalue weighted by atomic mass is 127. The maximum atomic E-state index is 11.7. The first kappa shape index (κ1) is 23.3. The molecule has 0 bridgehead atoms. The molecular formula is C22H31IN4O2. The van der Waals surface area contributed by atoms with Crippen molar-refractivity contribution in [3.05, 3.63) is 64.6 Å². The number of guanidine groups is 1. The Morgan fingerprint density at radius 3 is 2.69 bits per heavy atom. The number of nitrogens with zero attached hydrogens (tertiary/aromatic N) is 3. The fourth-order valence-electron chi connectivity index (χ4n) is 3.69. The molecular weight excluding hydrogens is 479 g/mol. The van der Waals surface area contributed by atoms with Gasteiger partial charge in [0, 0.05) is 51.4 Å². The summed E-state index contributed by atoms with van der Waals surface area (Å²) in [6.07, 6.45) is 4.93. The van der Waals surface area contributed by atoms with Crippen LogP contribution in [0.5, 0.6) is 5.75 Å². The van der Waals surface area contributed by atoms with Gasteiger partial charge in [0.2, 0.25) is 5.56 Å². The summed E-state index contributed by atoms with van der Waals surface area (Å²) in [6.45, 7) is 3.60. The highest BCUT2D eigenvalue weighted by Gasteiger charge is 2.25. The number of hydrogen-bond donors (Lipinski definition) is 1. The van der Waals surface area contributed by atoms with E-state index >= 15 is 0 Å². The second-order valence-electron chi connectivity index (χ2n) is 7.12. The molecule has 1 N–H and O–H groups in total. The first-order chi connectivity index (χ1) is 13.7. The number of rotatable bonds is 7. The average molecular weight is 510 g/mol. The minimum absolute atomic E-state index is 0. The molecule has 2 heterocycles. The molecule has 7 heteroatoms. The molecule has 0 amide bonds. The van der Waals surface area contributed by atoms with Crippen molar-refractivity contribution < 1.29 is 4.74 Å². The Kier molecular flexibility index (Phi) is 9.50. The Morgan fingerprint density at radius 1 is 1.21 bits per heavy atom. The van der Waals surface area contributed by atoms with Crippen LogP contribution in [0.3, 0.4) is 0 Å². The number of unbranched alkanes of at least 4 members (excludes halogenated alkanes) is 1. The van der Waals surface area contributed by atoms with Crippen molar-refractivity contribution in [1.82, 2.24) is 14.8 Å². The van der Waals surface area contributed by atoms with Crippen molar-refractivity contribution in [2.45, 2.75) is 31.7 Å². The number of benzene rings is 1. The lowest BCUT2D eigenvalue weighted by molar-refractivity contribution is 0.414. The topological polar surface area (TPSA) is 58.9 Å². The molecule has 29 heavy (non-hydrogen) atoms. The van der Waals surface area contributed by atoms with E-state index in [9.17, 15) is 4.79 Å². The molecule has 0 aliphatic carbocycles. The summed E-state index contributed by atoms with van der Waals surface area (Å²) in [7, 11) is 3.53. The van der Waals surface area contributed by atoms with Crippen LogP contribution >= 0.6 is 24.0 Å². The van der Waals surface area contributed by atoms with Crippen molar-refractivity contribution in [3.63, 3.8) is 0 Å². The summed E-state index contributed by atoms with van der Waals surface area (Å²) < 4.78 is 7.01. The number of pyridine rings is 1. The first-order valence-electron chi connectivity index (χ1n) is 9.96. The van der Waals surface area contributed by atoms with E-state index in [2.05, 4.69) is 27.3 Å². The molecule has 0 saturated carbocycles. The lowest BCUT2D eigenvalue weighted by Crippen LogP contribution is -2.40.